The Morgan fingerprint density at radius 2 is 1.91 bits per heavy atom. The van der Waals surface area contributed by atoms with E-state index in [0.717, 1.165) is 6.07 Å². The van der Waals surface area contributed by atoms with E-state index in [-0.39, 0.29) is 60.5 Å². The fourth-order valence-corrected chi connectivity index (χ4v) is 6.91. The highest BCUT2D eigenvalue weighted by Crippen LogP contribution is 2.52. The molecule has 1 N–H and O–H groups in total. The monoisotopic (exact) mass is 637 g/mol. The molecule has 4 heterocycles. The van der Waals surface area contributed by atoms with Gasteiger partial charge in [0.2, 0.25) is 5.72 Å². The molecule has 2 fully saturated rings. The zero-order valence-corrected chi connectivity index (χ0v) is 25.9. The summed E-state index contributed by atoms with van der Waals surface area (Å²) in [7, 11) is 1.89. The average Bonchev–Trinajstić information content (AvgIpc) is 3.64. The lowest BCUT2D eigenvalue weighted by atomic mass is 9.71. The van der Waals surface area contributed by atoms with E-state index in [1.165, 1.54) is 23.4 Å². The van der Waals surface area contributed by atoms with E-state index in [1.807, 2.05) is 18.0 Å². The highest BCUT2D eigenvalue weighted by Gasteiger charge is 2.58. The Morgan fingerprint density at radius 3 is 2.51 bits per heavy atom. The molecule has 12 heteroatoms. The first-order chi connectivity index (χ1) is 21.5. The van der Waals surface area contributed by atoms with Gasteiger partial charge in [-0.1, -0.05) is 30.7 Å². The maximum Gasteiger partial charge on any atom is 0.257 e. The Labute approximate surface area is 265 Å². The third-order valence-corrected chi connectivity index (χ3v) is 9.64. The molecule has 3 aromatic rings. The Balaban J connectivity index is 1.55. The van der Waals surface area contributed by atoms with Gasteiger partial charge in [0.05, 0.1) is 35.9 Å². The lowest BCUT2D eigenvalue weighted by Crippen LogP contribution is -2.54. The van der Waals surface area contributed by atoms with E-state index in [9.17, 15) is 15.2 Å². The average molecular weight is 638 g/mol. The summed E-state index contributed by atoms with van der Waals surface area (Å²) in [6.07, 6.45) is 2.78. The van der Waals surface area contributed by atoms with Gasteiger partial charge in [0, 0.05) is 42.7 Å². The lowest BCUT2D eigenvalue weighted by Gasteiger charge is -2.46. The summed E-state index contributed by atoms with van der Waals surface area (Å²) < 4.78 is 45.8. The standard InChI is InChI=1S/C33H34ClF2N5O4/c1-3-32(43,31(36)9-11-40(2)12-10-31)23-14-26-29(27(35)15-23)33(45-25-8-13-44-20-25,22-4-6-24(34)7-5-22)41(30(26)42)19-28-38-17-21(16-37)18-39-28/h4-7,14-15,17-18,25,43H,3,8-13,19-20H2,1-2H3/t25-,32?,33+/m0/s1. The van der Waals surface area contributed by atoms with Gasteiger partial charge in [-0.3, -0.25) is 9.69 Å². The Hall–Kier alpha value is -3.53. The highest BCUT2D eigenvalue weighted by molar-refractivity contribution is 6.30. The van der Waals surface area contributed by atoms with Crippen molar-refractivity contribution in [1.29, 1.82) is 5.26 Å². The number of amides is 1. The van der Waals surface area contributed by atoms with E-state index in [0.29, 0.717) is 36.7 Å². The van der Waals surface area contributed by atoms with Crippen molar-refractivity contribution >= 4 is 17.5 Å². The molecular formula is C33H34ClF2N5O4. The molecular weight excluding hydrogens is 604 g/mol. The maximum absolute atomic E-state index is 16.9. The fourth-order valence-electron chi connectivity index (χ4n) is 6.78. The second-order valence-electron chi connectivity index (χ2n) is 12.0. The van der Waals surface area contributed by atoms with E-state index in [4.69, 9.17) is 21.1 Å². The molecule has 236 valence electrons. The number of nitriles is 1. The van der Waals surface area contributed by atoms with Crippen molar-refractivity contribution in [3.63, 3.8) is 0 Å². The first kappa shape index (κ1) is 31.5. The number of carbonyl (C=O) groups is 1. The molecule has 3 atom stereocenters. The van der Waals surface area contributed by atoms with E-state index < -0.39 is 34.8 Å². The van der Waals surface area contributed by atoms with Crippen LogP contribution in [0.5, 0.6) is 0 Å². The predicted octanol–water partition coefficient (Wildman–Crippen LogP) is 4.83. The summed E-state index contributed by atoms with van der Waals surface area (Å²) in [6.45, 7) is 2.97. The first-order valence-electron chi connectivity index (χ1n) is 15.0. The molecule has 2 saturated heterocycles. The van der Waals surface area contributed by atoms with Gasteiger partial charge in [0.25, 0.3) is 5.91 Å². The Kier molecular flexibility index (Phi) is 8.39. The number of benzene rings is 2. The summed E-state index contributed by atoms with van der Waals surface area (Å²) in [5, 5.41) is 21.6. The molecule has 0 spiro atoms. The van der Waals surface area contributed by atoms with Gasteiger partial charge in [-0.2, -0.15) is 5.26 Å². The normalized spacial score (nSPS) is 24.3. The van der Waals surface area contributed by atoms with Crippen LogP contribution in [0.4, 0.5) is 8.78 Å². The quantitative estimate of drug-likeness (QED) is 0.374. The van der Waals surface area contributed by atoms with Crippen LogP contribution in [0.25, 0.3) is 0 Å². The van der Waals surface area contributed by atoms with Gasteiger partial charge >= 0.3 is 0 Å². The Morgan fingerprint density at radius 1 is 1.22 bits per heavy atom. The van der Waals surface area contributed by atoms with Crippen LogP contribution >= 0.6 is 11.6 Å². The number of fused-ring (bicyclic) bond motifs is 1. The molecule has 1 unspecified atom stereocenters. The largest absolute Gasteiger partial charge is 0.382 e. The second-order valence-corrected chi connectivity index (χ2v) is 12.4. The predicted molar refractivity (Wildman–Crippen MR) is 160 cm³/mol. The van der Waals surface area contributed by atoms with Crippen LogP contribution in [-0.4, -0.2) is 75.9 Å². The summed E-state index contributed by atoms with van der Waals surface area (Å²) in [5.41, 5.74) is -5.34. The second kappa shape index (κ2) is 12.0. The third kappa shape index (κ3) is 5.28. The molecule has 6 rings (SSSR count). The number of hydrogen-bond donors (Lipinski definition) is 1. The van der Waals surface area contributed by atoms with Crippen molar-refractivity contribution in [3.8, 4) is 6.07 Å². The van der Waals surface area contributed by atoms with Gasteiger partial charge < -0.3 is 19.5 Å². The number of nitrogens with zero attached hydrogens (tertiary/aromatic N) is 5. The molecule has 1 amide bonds. The molecule has 45 heavy (non-hydrogen) atoms. The van der Waals surface area contributed by atoms with Crippen molar-refractivity contribution in [3.05, 3.63) is 93.3 Å². The topological polar surface area (TPSA) is 112 Å². The minimum atomic E-state index is -2.04. The smallest absolute Gasteiger partial charge is 0.257 e. The number of aromatic nitrogens is 2. The molecule has 2 aromatic carbocycles. The zero-order chi connectivity index (χ0) is 32.0. The number of piperidine rings is 1. The van der Waals surface area contributed by atoms with Gasteiger partial charge in [-0.15, -0.1) is 0 Å². The minimum absolute atomic E-state index is 0.00710. The molecule has 9 nitrogen and oxygen atoms in total. The van der Waals surface area contributed by atoms with Crippen molar-refractivity contribution < 1.29 is 28.2 Å². The summed E-state index contributed by atoms with van der Waals surface area (Å²) in [5.74, 6) is -1.24. The SMILES string of the molecule is CCC(O)(c1cc(F)c2c(c1)C(=O)N(Cc1ncc(C#N)cn1)[C@@]2(O[C@H]1CCOC1)c1ccc(Cl)cc1)C1(F)CCN(C)CC1. The molecule has 0 radical (unpaired) electrons. The van der Waals surface area contributed by atoms with Crippen LogP contribution in [0, 0.1) is 17.1 Å². The molecule has 0 saturated carbocycles. The summed E-state index contributed by atoms with van der Waals surface area (Å²) >= 11 is 6.24. The number of rotatable bonds is 8. The number of aliphatic hydroxyl groups is 1. The summed E-state index contributed by atoms with van der Waals surface area (Å²) in [4.78, 5) is 26.4. The molecule has 3 aliphatic heterocycles. The summed E-state index contributed by atoms with van der Waals surface area (Å²) in [6, 6.07) is 11.1. The Bertz CT molecular complexity index is 1620. The number of hydrogen-bond acceptors (Lipinski definition) is 8. The molecule has 0 bridgehead atoms. The minimum Gasteiger partial charge on any atom is -0.382 e. The van der Waals surface area contributed by atoms with Gasteiger partial charge in [-0.25, -0.2) is 18.7 Å². The van der Waals surface area contributed by atoms with Crippen molar-refractivity contribution in [1.82, 2.24) is 19.8 Å². The fraction of sp³-hybridized carbons (Fsp3) is 0.455. The number of halogens is 3. The third-order valence-electron chi connectivity index (χ3n) is 9.39. The van der Waals surface area contributed by atoms with Crippen LogP contribution in [0.15, 0.2) is 48.8 Å². The first-order valence-corrected chi connectivity index (χ1v) is 15.4. The van der Waals surface area contributed by atoms with Crippen LogP contribution in [0.2, 0.25) is 5.02 Å². The number of likely N-dealkylation sites (tertiary alicyclic amines) is 1. The molecule has 1 aromatic heterocycles. The van der Waals surface area contributed by atoms with Crippen LogP contribution in [-0.2, 0) is 27.3 Å². The number of alkyl halides is 1. The molecule has 0 aliphatic carbocycles. The number of ether oxygens (including phenoxy) is 2. The molecule has 3 aliphatic rings. The van der Waals surface area contributed by atoms with Gasteiger partial charge in [0.1, 0.15) is 29.0 Å². The van der Waals surface area contributed by atoms with Gasteiger partial charge in [-0.05, 0) is 62.6 Å². The van der Waals surface area contributed by atoms with Crippen molar-refractivity contribution in [2.45, 2.75) is 62.3 Å². The van der Waals surface area contributed by atoms with Crippen LogP contribution in [0.1, 0.15) is 71.0 Å². The van der Waals surface area contributed by atoms with Gasteiger partial charge in [0.15, 0.2) is 0 Å². The van der Waals surface area contributed by atoms with Crippen LogP contribution < -0.4 is 0 Å². The number of carbonyl (C=O) groups excluding carboxylic acids is 1. The van der Waals surface area contributed by atoms with Crippen LogP contribution in [0.3, 0.4) is 0 Å². The maximum atomic E-state index is 16.9. The van der Waals surface area contributed by atoms with E-state index in [1.54, 1.807) is 31.2 Å². The van der Waals surface area contributed by atoms with Crippen molar-refractivity contribution in [2.24, 2.45) is 0 Å². The zero-order valence-electron chi connectivity index (χ0n) is 25.1. The van der Waals surface area contributed by atoms with Crippen molar-refractivity contribution in [2.75, 3.05) is 33.4 Å². The van der Waals surface area contributed by atoms with E-state index >= 15 is 8.78 Å². The van der Waals surface area contributed by atoms with E-state index in [2.05, 4.69) is 9.97 Å². The lowest BCUT2D eigenvalue weighted by molar-refractivity contribution is -0.149. The highest BCUT2D eigenvalue weighted by atomic mass is 35.5.